The van der Waals surface area contributed by atoms with Crippen molar-refractivity contribution in [2.45, 2.75) is 31.7 Å². The number of likely N-dealkylation sites (N-methyl/N-ethyl adjacent to an activating group) is 2. The van der Waals surface area contributed by atoms with Gasteiger partial charge in [0.05, 0.1) is 7.11 Å². The van der Waals surface area contributed by atoms with Gasteiger partial charge >= 0.3 is 5.97 Å². The van der Waals surface area contributed by atoms with Gasteiger partial charge in [0, 0.05) is 24.9 Å². The van der Waals surface area contributed by atoms with Crippen LogP contribution in [-0.2, 0) is 16.0 Å². The first-order valence-electron chi connectivity index (χ1n) is 7.37. The molecule has 0 aliphatic carbocycles. The van der Waals surface area contributed by atoms with Gasteiger partial charge < -0.3 is 15.0 Å². The van der Waals surface area contributed by atoms with Crippen LogP contribution < -0.4 is 5.32 Å². The van der Waals surface area contributed by atoms with Gasteiger partial charge in [-0.2, -0.15) is 0 Å². The fraction of sp³-hybridized carbons (Fsp3) is 0.625. The van der Waals surface area contributed by atoms with Crippen molar-refractivity contribution < 1.29 is 9.53 Å². The molecule has 0 saturated heterocycles. The molecule has 0 fully saturated rings. The highest BCUT2D eigenvalue weighted by atomic mass is 16.5. The van der Waals surface area contributed by atoms with Gasteiger partial charge in [-0.15, -0.1) is 0 Å². The number of methoxy groups -OCH3 is 1. The number of nitrogens with zero attached hydrogens (tertiary/aromatic N) is 2. The van der Waals surface area contributed by atoms with Crippen LogP contribution in [-0.4, -0.2) is 55.7 Å². The first kappa shape index (κ1) is 17.6. The maximum atomic E-state index is 11.7. The summed E-state index contributed by atoms with van der Waals surface area (Å²) >= 11 is 0. The van der Waals surface area contributed by atoms with Crippen LogP contribution in [0.4, 0.5) is 0 Å². The molecule has 118 valence electrons. The highest BCUT2D eigenvalue weighted by Gasteiger charge is 2.31. The minimum Gasteiger partial charge on any atom is -0.468 e. The monoisotopic (exact) mass is 293 g/mol. The van der Waals surface area contributed by atoms with Crippen molar-refractivity contribution >= 4 is 5.97 Å². The Hall–Kier alpha value is -1.46. The third-order valence-electron chi connectivity index (χ3n) is 3.88. The van der Waals surface area contributed by atoms with Gasteiger partial charge in [0.1, 0.15) is 5.54 Å². The molecule has 21 heavy (non-hydrogen) atoms. The lowest BCUT2D eigenvalue weighted by molar-refractivity contribution is -0.148. The minimum atomic E-state index is -0.601. The van der Waals surface area contributed by atoms with Gasteiger partial charge in [-0.25, -0.2) is 0 Å². The number of rotatable bonds is 9. The van der Waals surface area contributed by atoms with Crippen molar-refractivity contribution in [3.63, 3.8) is 0 Å². The van der Waals surface area contributed by atoms with E-state index >= 15 is 0 Å². The van der Waals surface area contributed by atoms with E-state index in [0.29, 0.717) is 0 Å². The molecular formula is C16H27N3O2. The van der Waals surface area contributed by atoms with Crippen molar-refractivity contribution in [2.75, 3.05) is 34.3 Å². The lowest BCUT2D eigenvalue weighted by atomic mass is 9.96. The van der Waals surface area contributed by atoms with Gasteiger partial charge in [0.25, 0.3) is 0 Å². The molecular weight excluding hydrogens is 266 g/mol. The number of ether oxygens (including phenoxy) is 1. The molecule has 1 aromatic rings. The number of carbonyl (C=O) groups is 1. The highest BCUT2D eigenvalue weighted by Crippen LogP contribution is 2.14. The first-order chi connectivity index (χ1) is 10.0. The van der Waals surface area contributed by atoms with E-state index < -0.39 is 5.54 Å². The Morgan fingerprint density at radius 1 is 1.43 bits per heavy atom. The molecule has 0 spiro atoms. The molecule has 0 aliphatic heterocycles. The number of pyridine rings is 1. The Labute approximate surface area is 127 Å². The SMILES string of the molecule is CNC(C)(CCCN(C)CCc1ccccn1)C(=O)OC. The molecule has 0 amide bonds. The molecule has 0 bridgehead atoms. The highest BCUT2D eigenvalue weighted by molar-refractivity contribution is 5.80. The second kappa shape index (κ2) is 8.74. The zero-order valence-corrected chi connectivity index (χ0v) is 13.6. The van der Waals surface area contributed by atoms with Gasteiger partial charge in [-0.3, -0.25) is 9.78 Å². The van der Waals surface area contributed by atoms with Crippen LogP contribution in [0.3, 0.4) is 0 Å². The van der Waals surface area contributed by atoms with Gasteiger partial charge in [-0.05, 0) is 52.5 Å². The zero-order valence-electron chi connectivity index (χ0n) is 13.6. The average molecular weight is 293 g/mol. The van der Waals surface area contributed by atoms with Crippen LogP contribution in [0.2, 0.25) is 0 Å². The maximum Gasteiger partial charge on any atom is 0.325 e. The summed E-state index contributed by atoms with van der Waals surface area (Å²) in [6.07, 6.45) is 4.46. The Morgan fingerprint density at radius 3 is 2.76 bits per heavy atom. The average Bonchev–Trinajstić information content (AvgIpc) is 2.52. The summed E-state index contributed by atoms with van der Waals surface area (Å²) in [5.74, 6) is -0.207. The van der Waals surface area contributed by atoms with E-state index in [1.807, 2.05) is 31.3 Å². The number of aromatic nitrogens is 1. The molecule has 5 nitrogen and oxygen atoms in total. The van der Waals surface area contributed by atoms with Crippen LogP contribution >= 0.6 is 0 Å². The lowest BCUT2D eigenvalue weighted by Gasteiger charge is -2.27. The predicted molar refractivity (Wildman–Crippen MR) is 84.2 cm³/mol. The van der Waals surface area contributed by atoms with Crippen molar-refractivity contribution in [1.29, 1.82) is 0 Å². The van der Waals surface area contributed by atoms with E-state index in [0.717, 1.165) is 38.0 Å². The predicted octanol–water partition coefficient (Wildman–Crippen LogP) is 1.49. The summed E-state index contributed by atoms with van der Waals surface area (Å²) in [6, 6.07) is 5.98. The van der Waals surface area contributed by atoms with Crippen molar-refractivity contribution in [3.05, 3.63) is 30.1 Å². The van der Waals surface area contributed by atoms with Gasteiger partial charge in [-0.1, -0.05) is 6.07 Å². The van der Waals surface area contributed by atoms with E-state index in [1.54, 1.807) is 7.05 Å². The summed E-state index contributed by atoms with van der Waals surface area (Å²) in [7, 11) is 5.32. The van der Waals surface area contributed by atoms with Gasteiger partial charge in [0.15, 0.2) is 0 Å². The number of hydrogen-bond acceptors (Lipinski definition) is 5. The molecule has 0 saturated carbocycles. The summed E-state index contributed by atoms with van der Waals surface area (Å²) < 4.78 is 4.85. The summed E-state index contributed by atoms with van der Waals surface area (Å²) in [5.41, 5.74) is 0.510. The van der Waals surface area contributed by atoms with Crippen LogP contribution in [0.5, 0.6) is 0 Å². The Balaban J connectivity index is 2.29. The molecule has 5 heteroatoms. The maximum absolute atomic E-state index is 11.7. The number of esters is 1. The third-order valence-corrected chi connectivity index (χ3v) is 3.88. The van der Waals surface area contributed by atoms with Crippen molar-refractivity contribution in [1.82, 2.24) is 15.2 Å². The minimum absolute atomic E-state index is 0.207. The summed E-state index contributed by atoms with van der Waals surface area (Å²) in [5, 5.41) is 3.06. The Morgan fingerprint density at radius 2 is 2.19 bits per heavy atom. The fourth-order valence-corrected chi connectivity index (χ4v) is 2.22. The fourth-order valence-electron chi connectivity index (χ4n) is 2.22. The van der Waals surface area contributed by atoms with Crippen LogP contribution in [0.15, 0.2) is 24.4 Å². The first-order valence-corrected chi connectivity index (χ1v) is 7.37. The molecule has 1 unspecified atom stereocenters. The van der Waals surface area contributed by atoms with Crippen molar-refractivity contribution in [3.8, 4) is 0 Å². The van der Waals surface area contributed by atoms with Crippen molar-refractivity contribution in [2.24, 2.45) is 0 Å². The normalized spacial score (nSPS) is 14.0. The summed E-state index contributed by atoms with van der Waals surface area (Å²) in [4.78, 5) is 18.3. The molecule has 1 N–H and O–H groups in total. The summed E-state index contributed by atoms with van der Waals surface area (Å²) in [6.45, 7) is 3.79. The second-order valence-corrected chi connectivity index (χ2v) is 5.55. The van der Waals surface area contributed by atoms with E-state index in [-0.39, 0.29) is 5.97 Å². The van der Waals surface area contributed by atoms with E-state index in [4.69, 9.17) is 4.74 Å². The lowest BCUT2D eigenvalue weighted by Crippen LogP contribution is -2.48. The number of hydrogen-bond donors (Lipinski definition) is 1. The standard InChI is InChI=1S/C16H27N3O2/c1-16(17-2,15(20)21-4)10-7-12-19(3)13-9-14-8-5-6-11-18-14/h5-6,8,11,17H,7,9-10,12-13H2,1-4H3. The van der Waals surface area contributed by atoms with Crippen LogP contribution in [0, 0.1) is 0 Å². The van der Waals surface area contributed by atoms with Crippen LogP contribution in [0.1, 0.15) is 25.5 Å². The second-order valence-electron chi connectivity index (χ2n) is 5.55. The molecule has 1 heterocycles. The smallest absolute Gasteiger partial charge is 0.325 e. The Bertz CT molecular complexity index is 425. The van der Waals surface area contributed by atoms with Gasteiger partial charge in [0.2, 0.25) is 0 Å². The molecule has 0 aromatic carbocycles. The molecule has 1 rings (SSSR count). The van der Waals surface area contributed by atoms with Crippen LogP contribution in [0.25, 0.3) is 0 Å². The number of nitrogens with one attached hydrogen (secondary N) is 1. The molecule has 0 radical (unpaired) electrons. The topological polar surface area (TPSA) is 54.5 Å². The molecule has 1 atom stereocenters. The largest absolute Gasteiger partial charge is 0.468 e. The zero-order chi connectivity index (χ0) is 15.7. The molecule has 1 aromatic heterocycles. The van der Waals surface area contributed by atoms with E-state index in [9.17, 15) is 4.79 Å². The molecule has 0 aliphatic rings. The quantitative estimate of drug-likeness (QED) is 0.699. The third kappa shape index (κ3) is 5.81. The Kier molecular flexibility index (Phi) is 7.32. The van der Waals surface area contributed by atoms with E-state index in [2.05, 4.69) is 22.2 Å². The number of carbonyl (C=O) groups excluding carboxylic acids is 1. The van der Waals surface area contributed by atoms with E-state index in [1.165, 1.54) is 7.11 Å².